The van der Waals surface area contributed by atoms with Crippen LogP contribution in [0.4, 0.5) is 0 Å². The molecule has 1 aromatic rings. The molecule has 1 aliphatic carbocycles. The zero-order chi connectivity index (χ0) is 15.3. The van der Waals surface area contributed by atoms with E-state index in [1.807, 2.05) is 0 Å². The number of ether oxygens (including phenoxy) is 1. The minimum atomic E-state index is -0.628. The summed E-state index contributed by atoms with van der Waals surface area (Å²) in [6.07, 6.45) is 4.33. The van der Waals surface area contributed by atoms with Crippen LogP contribution in [-0.2, 0) is 9.53 Å². The summed E-state index contributed by atoms with van der Waals surface area (Å²) in [5.74, 6) is 0.812. The van der Waals surface area contributed by atoms with Gasteiger partial charge in [0.25, 0.3) is 5.91 Å². The van der Waals surface area contributed by atoms with Crippen molar-refractivity contribution in [2.75, 3.05) is 26.3 Å². The van der Waals surface area contributed by atoms with Gasteiger partial charge in [-0.1, -0.05) is 0 Å². The lowest BCUT2D eigenvalue weighted by molar-refractivity contribution is -0.135. The third kappa shape index (κ3) is 1.97. The summed E-state index contributed by atoms with van der Waals surface area (Å²) in [5.41, 5.74) is 5.67. The molecule has 6 heteroatoms. The van der Waals surface area contributed by atoms with Gasteiger partial charge >= 0.3 is 0 Å². The van der Waals surface area contributed by atoms with Gasteiger partial charge in [-0.25, -0.2) is 0 Å². The largest absolute Gasteiger partial charge is 0.468 e. The molecule has 2 saturated heterocycles. The van der Waals surface area contributed by atoms with Crippen LogP contribution in [0.3, 0.4) is 0 Å². The Morgan fingerprint density at radius 1 is 1.36 bits per heavy atom. The lowest BCUT2D eigenvalue weighted by atomic mass is 9.74. The van der Waals surface area contributed by atoms with Crippen LogP contribution in [0.15, 0.2) is 16.7 Å². The Bertz CT molecular complexity index is 621. The van der Waals surface area contributed by atoms with Gasteiger partial charge in [-0.15, -0.1) is 0 Å². The molecular formula is C16H20N2O4. The second kappa shape index (κ2) is 4.84. The Morgan fingerprint density at radius 2 is 2.18 bits per heavy atom. The van der Waals surface area contributed by atoms with Gasteiger partial charge in [-0.2, -0.15) is 0 Å². The van der Waals surface area contributed by atoms with Crippen LogP contribution in [0, 0.1) is 11.3 Å². The monoisotopic (exact) mass is 304 g/mol. The first-order valence-electron chi connectivity index (χ1n) is 7.86. The summed E-state index contributed by atoms with van der Waals surface area (Å²) in [7, 11) is 0. The number of furan rings is 1. The predicted octanol–water partition coefficient (Wildman–Crippen LogP) is 1.12. The lowest BCUT2D eigenvalue weighted by Crippen LogP contribution is -2.48. The number of nitrogens with two attached hydrogens (primary N) is 1. The Balaban J connectivity index is 1.60. The molecule has 2 amide bonds. The van der Waals surface area contributed by atoms with Crippen LogP contribution in [0.5, 0.6) is 0 Å². The molecule has 2 atom stereocenters. The van der Waals surface area contributed by atoms with E-state index >= 15 is 0 Å². The first kappa shape index (κ1) is 13.8. The molecule has 0 radical (unpaired) electrons. The van der Waals surface area contributed by atoms with E-state index in [1.165, 1.54) is 0 Å². The highest BCUT2D eigenvalue weighted by Crippen LogP contribution is 2.45. The van der Waals surface area contributed by atoms with Gasteiger partial charge in [0.15, 0.2) is 0 Å². The normalized spacial score (nSPS) is 31.1. The van der Waals surface area contributed by atoms with Crippen molar-refractivity contribution in [2.24, 2.45) is 17.1 Å². The Hall–Kier alpha value is -1.82. The zero-order valence-electron chi connectivity index (χ0n) is 12.4. The van der Waals surface area contributed by atoms with Crippen LogP contribution in [-0.4, -0.2) is 43.0 Å². The highest BCUT2D eigenvalue weighted by atomic mass is 16.5. The van der Waals surface area contributed by atoms with Gasteiger partial charge in [0, 0.05) is 31.5 Å². The molecule has 0 unspecified atom stereocenters. The smallest absolute Gasteiger partial charge is 0.257 e. The highest BCUT2D eigenvalue weighted by molar-refractivity contribution is 5.96. The zero-order valence-corrected chi connectivity index (χ0v) is 12.4. The molecule has 3 heterocycles. The maximum absolute atomic E-state index is 12.8. The van der Waals surface area contributed by atoms with Crippen molar-refractivity contribution in [1.82, 2.24) is 4.90 Å². The molecule has 0 bridgehead atoms. The predicted molar refractivity (Wildman–Crippen MR) is 77.1 cm³/mol. The van der Waals surface area contributed by atoms with E-state index in [4.69, 9.17) is 14.9 Å². The number of hydrogen-bond acceptors (Lipinski definition) is 4. The fraction of sp³-hybridized carbons (Fsp3) is 0.625. The molecule has 0 aromatic carbocycles. The second-order valence-corrected chi connectivity index (χ2v) is 6.70. The summed E-state index contributed by atoms with van der Waals surface area (Å²) >= 11 is 0. The summed E-state index contributed by atoms with van der Waals surface area (Å²) in [6, 6.07) is 1.74. The van der Waals surface area contributed by atoms with Crippen LogP contribution < -0.4 is 5.73 Å². The van der Waals surface area contributed by atoms with Crippen molar-refractivity contribution in [2.45, 2.75) is 25.2 Å². The maximum Gasteiger partial charge on any atom is 0.257 e. The number of primary amides is 1. The van der Waals surface area contributed by atoms with Crippen molar-refractivity contribution in [3.63, 3.8) is 0 Å². The van der Waals surface area contributed by atoms with Gasteiger partial charge in [0.1, 0.15) is 5.76 Å². The van der Waals surface area contributed by atoms with E-state index < -0.39 is 5.41 Å². The average Bonchev–Trinajstić information content (AvgIpc) is 3.11. The van der Waals surface area contributed by atoms with Gasteiger partial charge in [-0.3, -0.25) is 9.59 Å². The van der Waals surface area contributed by atoms with Crippen molar-refractivity contribution in [3.8, 4) is 0 Å². The first-order chi connectivity index (χ1) is 10.6. The van der Waals surface area contributed by atoms with E-state index in [1.54, 1.807) is 17.2 Å². The average molecular weight is 304 g/mol. The number of carbonyl (C=O) groups excluding carboxylic acids is 2. The third-order valence-corrected chi connectivity index (χ3v) is 5.36. The second-order valence-electron chi connectivity index (χ2n) is 6.70. The van der Waals surface area contributed by atoms with Crippen molar-refractivity contribution in [3.05, 3.63) is 23.7 Å². The number of hydrogen-bond donors (Lipinski definition) is 1. The fourth-order valence-corrected chi connectivity index (χ4v) is 3.84. The highest BCUT2D eigenvalue weighted by Gasteiger charge is 2.54. The van der Waals surface area contributed by atoms with E-state index in [0.29, 0.717) is 44.2 Å². The topological polar surface area (TPSA) is 85.8 Å². The summed E-state index contributed by atoms with van der Waals surface area (Å²) in [4.78, 5) is 26.6. The SMILES string of the molecule is NC(=O)[C@]12CCOC[C@H]1CN(C(=O)c1ccoc1C1CC1)C2. The molecule has 1 aromatic heterocycles. The Labute approximate surface area is 128 Å². The van der Waals surface area contributed by atoms with E-state index in [-0.39, 0.29) is 17.7 Å². The van der Waals surface area contributed by atoms with Gasteiger partial charge in [0.05, 0.1) is 23.8 Å². The molecule has 6 nitrogen and oxygen atoms in total. The minimum absolute atomic E-state index is 0.000948. The molecular weight excluding hydrogens is 284 g/mol. The molecule has 0 spiro atoms. The van der Waals surface area contributed by atoms with Crippen LogP contribution in [0.25, 0.3) is 0 Å². The molecule has 1 saturated carbocycles. The maximum atomic E-state index is 12.8. The first-order valence-corrected chi connectivity index (χ1v) is 7.86. The van der Waals surface area contributed by atoms with Crippen LogP contribution in [0.1, 0.15) is 41.3 Å². The van der Waals surface area contributed by atoms with Crippen molar-refractivity contribution in [1.29, 1.82) is 0 Å². The molecule has 4 rings (SSSR count). The quantitative estimate of drug-likeness (QED) is 0.906. The molecule has 22 heavy (non-hydrogen) atoms. The van der Waals surface area contributed by atoms with Crippen molar-refractivity contribution >= 4 is 11.8 Å². The third-order valence-electron chi connectivity index (χ3n) is 5.36. The summed E-state index contributed by atoms with van der Waals surface area (Å²) < 4.78 is 11.0. The number of rotatable bonds is 3. The summed E-state index contributed by atoms with van der Waals surface area (Å²) in [6.45, 7) is 1.94. The number of carbonyl (C=O) groups is 2. The fourth-order valence-electron chi connectivity index (χ4n) is 3.84. The van der Waals surface area contributed by atoms with Gasteiger partial charge in [0.2, 0.25) is 5.91 Å². The Kier molecular flexibility index (Phi) is 3.04. The number of amides is 2. The van der Waals surface area contributed by atoms with E-state index in [0.717, 1.165) is 18.6 Å². The molecule has 2 aliphatic heterocycles. The van der Waals surface area contributed by atoms with Gasteiger partial charge < -0.3 is 19.8 Å². The molecule has 3 aliphatic rings. The molecule has 118 valence electrons. The van der Waals surface area contributed by atoms with Crippen LogP contribution >= 0.6 is 0 Å². The van der Waals surface area contributed by atoms with Crippen LogP contribution in [0.2, 0.25) is 0 Å². The number of fused-ring (bicyclic) bond motifs is 1. The molecule has 3 fully saturated rings. The van der Waals surface area contributed by atoms with E-state index in [9.17, 15) is 9.59 Å². The number of likely N-dealkylation sites (tertiary alicyclic amines) is 1. The molecule has 2 N–H and O–H groups in total. The standard InChI is InChI=1S/C16H20N2O4/c17-15(20)16-4-6-21-8-11(16)7-18(9-16)14(19)12-3-5-22-13(12)10-1-2-10/h3,5,10-11H,1-2,4,6-9H2,(H2,17,20)/t11-,16+/m1/s1. The van der Waals surface area contributed by atoms with Gasteiger partial charge in [-0.05, 0) is 25.3 Å². The lowest BCUT2D eigenvalue weighted by Gasteiger charge is -2.34. The summed E-state index contributed by atoms with van der Waals surface area (Å²) in [5, 5.41) is 0. The Morgan fingerprint density at radius 3 is 2.86 bits per heavy atom. The minimum Gasteiger partial charge on any atom is -0.468 e. The van der Waals surface area contributed by atoms with Crippen molar-refractivity contribution < 1.29 is 18.7 Å². The number of nitrogens with zero attached hydrogens (tertiary/aromatic N) is 1. The van der Waals surface area contributed by atoms with E-state index in [2.05, 4.69) is 0 Å².